The summed E-state index contributed by atoms with van der Waals surface area (Å²) in [6.45, 7) is 0. The minimum absolute atomic E-state index is 0.0942. The molecule has 2 aromatic rings. The Labute approximate surface area is 104 Å². The molecule has 0 radical (unpaired) electrons. The van der Waals surface area contributed by atoms with Crippen molar-refractivity contribution in [3.05, 3.63) is 41.9 Å². The van der Waals surface area contributed by atoms with Crippen molar-refractivity contribution < 1.29 is 13.2 Å². The third kappa shape index (κ3) is 2.13. The molecule has 0 N–H and O–H groups in total. The predicted octanol–water partition coefficient (Wildman–Crippen LogP) is 1.78. The second-order valence-corrected chi connectivity index (χ2v) is 5.44. The van der Waals surface area contributed by atoms with Crippen molar-refractivity contribution in [3.8, 4) is 5.75 Å². The van der Waals surface area contributed by atoms with Crippen molar-refractivity contribution >= 4 is 21.6 Å². The minimum Gasteiger partial charge on any atom is -0.495 e. The summed E-state index contributed by atoms with van der Waals surface area (Å²) < 4.78 is 30.2. The summed E-state index contributed by atoms with van der Waals surface area (Å²) >= 11 is 5.83. The molecule has 17 heavy (non-hydrogen) atoms. The quantitative estimate of drug-likeness (QED) is 0.854. The smallest absolute Gasteiger partial charge is 0.269 e. The average Bonchev–Trinajstić information content (AvgIpc) is 2.83. The van der Waals surface area contributed by atoms with Crippen molar-refractivity contribution in [3.63, 3.8) is 0 Å². The third-order valence-electron chi connectivity index (χ3n) is 2.18. The van der Waals surface area contributed by atoms with Gasteiger partial charge in [0.2, 0.25) is 0 Å². The summed E-state index contributed by atoms with van der Waals surface area (Å²) in [5.74, 6) is 0.313. The second-order valence-electron chi connectivity index (χ2n) is 3.19. The van der Waals surface area contributed by atoms with Crippen LogP contribution in [-0.2, 0) is 10.0 Å². The fourth-order valence-corrected chi connectivity index (χ4v) is 2.64. The Morgan fingerprint density at radius 3 is 2.76 bits per heavy atom. The molecule has 0 saturated carbocycles. The zero-order valence-electron chi connectivity index (χ0n) is 8.87. The first-order valence-electron chi connectivity index (χ1n) is 4.63. The number of halogens is 1. The number of hydrogen-bond donors (Lipinski definition) is 0. The fourth-order valence-electron chi connectivity index (χ4n) is 1.31. The van der Waals surface area contributed by atoms with Crippen molar-refractivity contribution in [1.29, 1.82) is 0 Å². The molecule has 0 amide bonds. The van der Waals surface area contributed by atoms with E-state index in [0.717, 1.165) is 3.97 Å². The fraction of sp³-hybridized carbons (Fsp3) is 0.100. The zero-order chi connectivity index (χ0) is 12.5. The number of hydrogen-bond acceptors (Lipinski definition) is 4. The Kier molecular flexibility index (Phi) is 3.08. The number of nitrogens with zero attached hydrogens (tertiary/aromatic N) is 2. The highest BCUT2D eigenvalue weighted by Gasteiger charge is 2.17. The van der Waals surface area contributed by atoms with Crippen LogP contribution in [0.5, 0.6) is 5.75 Å². The van der Waals surface area contributed by atoms with E-state index in [9.17, 15) is 8.42 Å². The van der Waals surface area contributed by atoms with E-state index in [2.05, 4.69) is 4.98 Å². The Morgan fingerprint density at radius 1 is 1.41 bits per heavy atom. The van der Waals surface area contributed by atoms with Gasteiger partial charge in [-0.2, -0.15) is 0 Å². The summed E-state index contributed by atoms with van der Waals surface area (Å²) in [6, 6.07) is 4.27. The molecule has 7 heteroatoms. The lowest BCUT2D eigenvalue weighted by Crippen LogP contribution is -2.10. The Morgan fingerprint density at radius 2 is 2.18 bits per heavy atom. The van der Waals surface area contributed by atoms with Crippen LogP contribution in [0.4, 0.5) is 0 Å². The van der Waals surface area contributed by atoms with Gasteiger partial charge in [0.1, 0.15) is 12.1 Å². The molecule has 0 aliphatic carbocycles. The Hall–Kier alpha value is -1.53. The van der Waals surface area contributed by atoms with E-state index in [0.29, 0.717) is 10.8 Å². The van der Waals surface area contributed by atoms with Crippen molar-refractivity contribution in [2.75, 3.05) is 7.11 Å². The molecule has 0 spiro atoms. The molecule has 0 atom stereocenters. The van der Waals surface area contributed by atoms with Gasteiger partial charge in [-0.1, -0.05) is 11.6 Å². The molecule has 0 saturated heterocycles. The predicted molar refractivity (Wildman–Crippen MR) is 62.8 cm³/mol. The summed E-state index contributed by atoms with van der Waals surface area (Å²) in [4.78, 5) is 3.79. The van der Waals surface area contributed by atoms with Crippen LogP contribution < -0.4 is 4.74 Å². The molecule has 90 valence electrons. The van der Waals surface area contributed by atoms with Crippen molar-refractivity contribution in [2.45, 2.75) is 4.90 Å². The van der Waals surface area contributed by atoms with E-state index in [1.165, 1.54) is 44.0 Å². The van der Waals surface area contributed by atoms with Crippen LogP contribution in [0.1, 0.15) is 0 Å². The van der Waals surface area contributed by atoms with Crippen LogP contribution in [0.15, 0.2) is 41.8 Å². The lowest BCUT2D eigenvalue weighted by molar-refractivity contribution is 0.413. The number of benzene rings is 1. The molecule has 1 aromatic carbocycles. The number of rotatable bonds is 3. The molecular weight excluding hydrogens is 264 g/mol. The van der Waals surface area contributed by atoms with E-state index in [4.69, 9.17) is 16.3 Å². The van der Waals surface area contributed by atoms with Gasteiger partial charge >= 0.3 is 0 Å². The largest absolute Gasteiger partial charge is 0.495 e. The standard InChI is InChI=1S/C10H9ClN2O3S/c1-16-10-6-8(2-3-9(10)11)17(14,15)13-5-4-12-7-13/h2-7H,1H3. The SMILES string of the molecule is COc1cc(S(=O)(=O)n2ccnc2)ccc1Cl. The number of ether oxygens (including phenoxy) is 1. The molecule has 0 aliphatic heterocycles. The Bertz CT molecular complexity index is 623. The van der Waals surface area contributed by atoms with E-state index in [1.54, 1.807) is 0 Å². The van der Waals surface area contributed by atoms with Crippen molar-refractivity contribution in [1.82, 2.24) is 8.96 Å². The maximum Gasteiger partial charge on any atom is 0.269 e. The van der Waals surface area contributed by atoms with Gasteiger partial charge in [0, 0.05) is 18.5 Å². The molecule has 0 bridgehead atoms. The highest BCUT2D eigenvalue weighted by Crippen LogP contribution is 2.27. The highest BCUT2D eigenvalue weighted by atomic mass is 35.5. The zero-order valence-corrected chi connectivity index (χ0v) is 10.4. The van der Waals surface area contributed by atoms with Gasteiger partial charge in [-0.3, -0.25) is 0 Å². The van der Waals surface area contributed by atoms with Crippen LogP contribution in [0.3, 0.4) is 0 Å². The van der Waals surface area contributed by atoms with E-state index >= 15 is 0 Å². The van der Waals surface area contributed by atoms with E-state index in [1.807, 2.05) is 0 Å². The van der Waals surface area contributed by atoms with Gasteiger partial charge in [-0.15, -0.1) is 0 Å². The Balaban J connectivity index is 2.55. The molecule has 2 rings (SSSR count). The van der Waals surface area contributed by atoms with Gasteiger partial charge in [-0.25, -0.2) is 17.4 Å². The monoisotopic (exact) mass is 272 g/mol. The number of imidazole rings is 1. The molecule has 0 fully saturated rings. The summed E-state index contributed by atoms with van der Waals surface area (Å²) in [5, 5.41) is 0.358. The molecule has 5 nitrogen and oxygen atoms in total. The van der Waals surface area contributed by atoms with Gasteiger partial charge in [0.15, 0.2) is 0 Å². The normalized spacial score (nSPS) is 11.4. The summed E-state index contributed by atoms with van der Waals surface area (Å²) in [5.41, 5.74) is 0. The first-order valence-corrected chi connectivity index (χ1v) is 6.44. The summed E-state index contributed by atoms with van der Waals surface area (Å²) in [7, 11) is -2.20. The number of methoxy groups -OCH3 is 1. The molecule has 1 aromatic heterocycles. The third-order valence-corrected chi connectivity index (χ3v) is 4.11. The van der Waals surface area contributed by atoms with Gasteiger partial charge in [0.25, 0.3) is 10.0 Å². The second kappa shape index (κ2) is 4.38. The topological polar surface area (TPSA) is 61.2 Å². The van der Waals surface area contributed by atoms with Crippen molar-refractivity contribution in [2.24, 2.45) is 0 Å². The van der Waals surface area contributed by atoms with Gasteiger partial charge < -0.3 is 4.74 Å². The average molecular weight is 273 g/mol. The molecule has 0 unspecified atom stereocenters. The first kappa shape index (κ1) is 11.9. The maximum atomic E-state index is 12.1. The van der Waals surface area contributed by atoms with Crippen LogP contribution in [0.2, 0.25) is 5.02 Å². The molecule has 1 heterocycles. The highest BCUT2D eigenvalue weighted by molar-refractivity contribution is 7.90. The van der Waals surface area contributed by atoms with Crippen LogP contribution in [-0.4, -0.2) is 24.5 Å². The van der Waals surface area contributed by atoms with Crippen LogP contribution >= 0.6 is 11.6 Å². The minimum atomic E-state index is -3.63. The number of aromatic nitrogens is 2. The molecular formula is C10H9ClN2O3S. The lowest BCUT2D eigenvalue weighted by atomic mass is 10.3. The molecule has 0 aliphatic rings. The maximum absolute atomic E-state index is 12.1. The van der Waals surface area contributed by atoms with E-state index in [-0.39, 0.29) is 4.90 Å². The van der Waals surface area contributed by atoms with Gasteiger partial charge in [-0.05, 0) is 12.1 Å². The van der Waals surface area contributed by atoms with E-state index < -0.39 is 10.0 Å². The lowest BCUT2D eigenvalue weighted by Gasteiger charge is -2.07. The summed E-state index contributed by atoms with van der Waals surface area (Å²) in [6.07, 6.45) is 3.97. The van der Waals surface area contributed by atoms with Crippen LogP contribution in [0, 0.1) is 0 Å². The van der Waals surface area contributed by atoms with Gasteiger partial charge in [0.05, 0.1) is 17.0 Å². The van der Waals surface area contributed by atoms with Crippen LogP contribution in [0.25, 0.3) is 0 Å². The first-order chi connectivity index (χ1) is 8.05.